The second-order valence-electron chi connectivity index (χ2n) is 8.74. The third kappa shape index (κ3) is 4.98. The number of anilines is 1. The first-order chi connectivity index (χ1) is 15.5. The van der Waals surface area contributed by atoms with Crippen LogP contribution in [0.25, 0.3) is 0 Å². The van der Waals surface area contributed by atoms with Gasteiger partial charge in [-0.25, -0.2) is 9.98 Å². The van der Waals surface area contributed by atoms with Crippen molar-refractivity contribution < 1.29 is 9.32 Å². The molecule has 1 amide bonds. The summed E-state index contributed by atoms with van der Waals surface area (Å²) in [5.41, 5.74) is 6.74. The minimum absolute atomic E-state index is 0.0954. The number of nitrogens with two attached hydrogens (primary N) is 1. The lowest BCUT2D eigenvalue weighted by molar-refractivity contribution is 0.0629. The van der Waals surface area contributed by atoms with E-state index >= 15 is 0 Å². The number of benzene rings is 1. The van der Waals surface area contributed by atoms with Gasteiger partial charge in [-0.3, -0.25) is 4.79 Å². The van der Waals surface area contributed by atoms with E-state index < -0.39 is 0 Å². The van der Waals surface area contributed by atoms with Crippen molar-refractivity contribution in [2.45, 2.75) is 64.5 Å². The van der Waals surface area contributed by atoms with Crippen molar-refractivity contribution in [2.75, 3.05) is 18.0 Å². The van der Waals surface area contributed by atoms with Crippen LogP contribution in [0.5, 0.6) is 0 Å². The number of piperidine rings is 1. The average Bonchev–Trinajstić information content (AvgIpc) is 3.48. The molecular formula is C23H31N7O2. The van der Waals surface area contributed by atoms with Crippen LogP contribution in [0.3, 0.4) is 0 Å². The number of carbonyl (C=O) groups is 1. The first kappa shape index (κ1) is 22.0. The van der Waals surface area contributed by atoms with Crippen molar-refractivity contribution in [3.63, 3.8) is 0 Å². The molecule has 0 spiro atoms. The molecule has 1 aliphatic heterocycles. The molecule has 2 fully saturated rings. The van der Waals surface area contributed by atoms with Gasteiger partial charge < -0.3 is 20.1 Å². The van der Waals surface area contributed by atoms with Crippen LogP contribution < -0.4 is 10.6 Å². The molecule has 0 bridgehead atoms. The number of rotatable bonds is 6. The highest BCUT2D eigenvalue weighted by atomic mass is 16.5. The lowest BCUT2D eigenvalue weighted by Crippen LogP contribution is -2.48. The SMILES string of the molecule is CC(N=CN)=Nc1ccc(C(=O)N(C2CC2)C2CCN(c3nc(C(C)C)no3)CC2)cc1. The smallest absolute Gasteiger partial charge is 0.324 e. The highest BCUT2D eigenvalue weighted by molar-refractivity contribution is 5.95. The Morgan fingerprint density at radius 3 is 2.41 bits per heavy atom. The van der Waals surface area contributed by atoms with Crippen LogP contribution in [-0.4, -0.2) is 58.3 Å². The van der Waals surface area contributed by atoms with E-state index in [0.717, 1.165) is 50.3 Å². The maximum Gasteiger partial charge on any atom is 0.324 e. The average molecular weight is 438 g/mol. The van der Waals surface area contributed by atoms with Crippen molar-refractivity contribution in [3.8, 4) is 0 Å². The molecule has 0 unspecified atom stereocenters. The molecule has 1 saturated carbocycles. The fraction of sp³-hybridized carbons (Fsp3) is 0.522. The summed E-state index contributed by atoms with van der Waals surface area (Å²) in [6.07, 6.45) is 5.15. The summed E-state index contributed by atoms with van der Waals surface area (Å²) in [6, 6.07) is 8.53. The summed E-state index contributed by atoms with van der Waals surface area (Å²) in [7, 11) is 0. The van der Waals surface area contributed by atoms with Gasteiger partial charge in [0.15, 0.2) is 5.82 Å². The first-order valence-corrected chi connectivity index (χ1v) is 11.3. The van der Waals surface area contributed by atoms with Crippen LogP contribution in [0.1, 0.15) is 68.6 Å². The molecule has 1 aromatic carbocycles. The Morgan fingerprint density at radius 1 is 1.19 bits per heavy atom. The predicted octanol–water partition coefficient (Wildman–Crippen LogP) is 3.50. The van der Waals surface area contributed by atoms with E-state index in [-0.39, 0.29) is 17.9 Å². The summed E-state index contributed by atoms with van der Waals surface area (Å²) in [4.78, 5) is 30.4. The van der Waals surface area contributed by atoms with Gasteiger partial charge >= 0.3 is 6.01 Å². The third-order valence-corrected chi connectivity index (χ3v) is 5.92. The molecule has 2 N–H and O–H groups in total. The van der Waals surface area contributed by atoms with Crippen LogP contribution in [0.15, 0.2) is 38.8 Å². The maximum atomic E-state index is 13.4. The Balaban J connectivity index is 1.42. The van der Waals surface area contributed by atoms with Crippen molar-refractivity contribution in [1.82, 2.24) is 15.0 Å². The number of nitrogens with zero attached hydrogens (tertiary/aromatic N) is 6. The zero-order chi connectivity index (χ0) is 22.7. The summed E-state index contributed by atoms with van der Waals surface area (Å²) in [5.74, 6) is 1.63. The van der Waals surface area contributed by atoms with E-state index in [9.17, 15) is 4.79 Å². The van der Waals surface area contributed by atoms with Crippen LogP contribution in [0.2, 0.25) is 0 Å². The van der Waals surface area contributed by atoms with Gasteiger partial charge in [-0.1, -0.05) is 19.0 Å². The molecule has 32 heavy (non-hydrogen) atoms. The van der Waals surface area contributed by atoms with E-state index in [1.807, 2.05) is 38.1 Å². The number of hydrogen-bond acceptors (Lipinski definition) is 6. The fourth-order valence-corrected chi connectivity index (χ4v) is 4.06. The lowest BCUT2D eigenvalue weighted by Gasteiger charge is -2.38. The highest BCUT2D eigenvalue weighted by Gasteiger charge is 2.39. The molecule has 170 valence electrons. The summed E-state index contributed by atoms with van der Waals surface area (Å²) < 4.78 is 5.45. The molecule has 1 aliphatic carbocycles. The van der Waals surface area contributed by atoms with Crippen molar-refractivity contribution in [3.05, 3.63) is 35.7 Å². The van der Waals surface area contributed by atoms with Gasteiger partial charge in [0, 0.05) is 36.7 Å². The molecule has 2 aliphatic rings. The van der Waals surface area contributed by atoms with Gasteiger partial charge in [0.2, 0.25) is 0 Å². The Hall–Kier alpha value is -3.23. The second-order valence-corrected chi connectivity index (χ2v) is 8.74. The summed E-state index contributed by atoms with van der Waals surface area (Å²) in [6.45, 7) is 7.48. The number of aromatic nitrogens is 2. The second kappa shape index (κ2) is 9.50. The zero-order valence-electron chi connectivity index (χ0n) is 18.9. The van der Waals surface area contributed by atoms with Gasteiger partial charge in [0.1, 0.15) is 5.84 Å². The molecule has 0 atom stereocenters. The van der Waals surface area contributed by atoms with Crippen LogP contribution in [0.4, 0.5) is 11.7 Å². The molecule has 9 nitrogen and oxygen atoms in total. The van der Waals surface area contributed by atoms with Gasteiger partial charge in [-0.05, 0) is 56.9 Å². The number of carbonyl (C=O) groups excluding carboxylic acids is 1. The Morgan fingerprint density at radius 2 is 1.84 bits per heavy atom. The molecule has 2 aromatic rings. The van der Waals surface area contributed by atoms with Gasteiger partial charge in [0.05, 0.1) is 12.0 Å². The lowest BCUT2D eigenvalue weighted by atomic mass is 10.0. The number of amidine groups is 1. The highest BCUT2D eigenvalue weighted by Crippen LogP contribution is 2.34. The summed E-state index contributed by atoms with van der Waals surface area (Å²) >= 11 is 0. The fourth-order valence-electron chi connectivity index (χ4n) is 4.06. The van der Waals surface area contributed by atoms with Crippen LogP contribution >= 0.6 is 0 Å². The molecule has 0 radical (unpaired) electrons. The number of aliphatic imine (C=N–C) groups is 2. The molecule has 9 heteroatoms. The van der Waals surface area contributed by atoms with E-state index in [1.54, 1.807) is 6.92 Å². The molecule has 4 rings (SSSR count). The molecular weight excluding hydrogens is 406 g/mol. The maximum absolute atomic E-state index is 13.4. The minimum atomic E-state index is 0.0954. The Bertz CT molecular complexity index is 984. The molecule has 1 aromatic heterocycles. The molecule has 1 saturated heterocycles. The van der Waals surface area contributed by atoms with E-state index in [2.05, 4.69) is 29.9 Å². The standard InChI is InChI=1S/C23H31N7O2/c1-15(2)21-27-23(32-28-21)29-12-10-20(11-13-29)30(19-8-9-19)22(31)17-4-6-18(7-5-17)26-16(3)25-14-24/h4-7,14-15,19-20H,8-13H2,1-3H3,(H2,24,25,26). The Kier molecular flexibility index (Phi) is 6.53. The largest absolute Gasteiger partial charge is 0.390 e. The van der Waals surface area contributed by atoms with Crippen molar-refractivity contribution in [1.29, 1.82) is 0 Å². The Labute approximate surface area is 188 Å². The zero-order valence-corrected chi connectivity index (χ0v) is 18.9. The van der Waals surface area contributed by atoms with Crippen molar-refractivity contribution in [2.24, 2.45) is 15.7 Å². The number of amides is 1. The monoisotopic (exact) mass is 437 g/mol. The van der Waals surface area contributed by atoms with Crippen LogP contribution in [-0.2, 0) is 0 Å². The van der Waals surface area contributed by atoms with Crippen LogP contribution in [0, 0.1) is 0 Å². The van der Waals surface area contributed by atoms with Crippen molar-refractivity contribution >= 4 is 29.8 Å². The first-order valence-electron chi connectivity index (χ1n) is 11.3. The van der Waals surface area contributed by atoms with Gasteiger partial charge in [-0.15, -0.1) is 0 Å². The normalized spacial score (nSPS) is 18.0. The van der Waals surface area contributed by atoms with E-state index in [4.69, 9.17) is 10.3 Å². The molecule has 2 heterocycles. The van der Waals surface area contributed by atoms with Gasteiger partial charge in [0.25, 0.3) is 5.91 Å². The van der Waals surface area contributed by atoms with Gasteiger partial charge in [-0.2, -0.15) is 4.98 Å². The predicted molar refractivity (Wildman–Crippen MR) is 125 cm³/mol. The summed E-state index contributed by atoms with van der Waals surface area (Å²) in [5, 5.41) is 4.07. The van der Waals surface area contributed by atoms with E-state index in [1.165, 1.54) is 6.34 Å². The third-order valence-electron chi connectivity index (χ3n) is 5.92. The quantitative estimate of drug-likeness (QED) is 0.547. The number of hydrogen-bond donors (Lipinski definition) is 1. The van der Waals surface area contributed by atoms with E-state index in [0.29, 0.717) is 23.5 Å². The topological polar surface area (TPSA) is 113 Å². The minimum Gasteiger partial charge on any atom is -0.390 e.